The van der Waals surface area contributed by atoms with E-state index in [2.05, 4.69) is 30.6 Å². The molecule has 0 spiro atoms. The van der Waals surface area contributed by atoms with Crippen LogP contribution in [-0.4, -0.2) is 41.6 Å². The Bertz CT molecular complexity index is 1030. The summed E-state index contributed by atoms with van der Waals surface area (Å²) in [7, 11) is 0. The summed E-state index contributed by atoms with van der Waals surface area (Å²) in [6, 6.07) is 3.84. The summed E-state index contributed by atoms with van der Waals surface area (Å²) in [6.45, 7) is 3.93. The minimum Gasteiger partial charge on any atom is -0.386 e. The Morgan fingerprint density at radius 2 is 2.04 bits per heavy atom. The van der Waals surface area contributed by atoms with Crippen LogP contribution in [0.25, 0.3) is 11.2 Å². The Balaban J connectivity index is 1.72. The Labute approximate surface area is 161 Å². The van der Waals surface area contributed by atoms with Gasteiger partial charge >= 0.3 is 0 Å². The van der Waals surface area contributed by atoms with Crippen LogP contribution in [0.3, 0.4) is 0 Å². The van der Waals surface area contributed by atoms with Crippen molar-refractivity contribution in [2.24, 2.45) is 0 Å². The van der Waals surface area contributed by atoms with Gasteiger partial charge < -0.3 is 20.1 Å². The first-order chi connectivity index (χ1) is 13.5. The minimum atomic E-state index is -1.10. The average Bonchev–Trinajstić information content (AvgIpc) is 3.11. The van der Waals surface area contributed by atoms with E-state index in [1.54, 1.807) is 6.20 Å². The number of pyridine rings is 1. The number of aliphatic hydroxyl groups is 1. The molecule has 8 nitrogen and oxygen atoms in total. The topological polar surface area (TPSA) is 100 Å². The predicted molar refractivity (Wildman–Crippen MR) is 105 cm³/mol. The van der Waals surface area contributed by atoms with Gasteiger partial charge in [0, 0.05) is 30.2 Å². The molecule has 0 amide bonds. The van der Waals surface area contributed by atoms with Gasteiger partial charge in [-0.2, -0.15) is 15.0 Å². The molecule has 9 heteroatoms. The molecule has 3 heterocycles. The number of halogens is 1. The molecule has 1 atom stereocenters. The van der Waals surface area contributed by atoms with E-state index in [1.165, 1.54) is 0 Å². The molecular formula is C19H22FN7O. The summed E-state index contributed by atoms with van der Waals surface area (Å²) < 4.78 is 16.4. The van der Waals surface area contributed by atoms with E-state index in [-0.39, 0.29) is 11.9 Å². The molecule has 0 aliphatic heterocycles. The first kappa shape index (κ1) is 18.3. The van der Waals surface area contributed by atoms with Gasteiger partial charge in [-0.3, -0.25) is 0 Å². The van der Waals surface area contributed by atoms with Crippen molar-refractivity contribution in [3.05, 3.63) is 42.4 Å². The average molecular weight is 383 g/mol. The molecule has 0 saturated carbocycles. The quantitative estimate of drug-likeness (QED) is 0.621. The summed E-state index contributed by atoms with van der Waals surface area (Å²) in [4.78, 5) is 17.4. The Hall–Kier alpha value is -3.07. The van der Waals surface area contributed by atoms with Crippen LogP contribution in [0.4, 0.5) is 22.0 Å². The lowest BCUT2D eigenvalue weighted by Crippen LogP contribution is -2.18. The van der Waals surface area contributed by atoms with Crippen molar-refractivity contribution >= 4 is 28.8 Å². The number of aromatic nitrogens is 5. The van der Waals surface area contributed by atoms with E-state index in [9.17, 15) is 9.50 Å². The van der Waals surface area contributed by atoms with Crippen LogP contribution in [0, 0.1) is 0 Å². The van der Waals surface area contributed by atoms with Crippen molar-refractivity contribution in [3.63, 3.8) is 0 Å². The van der Waals surface area contributed by atoms with Crippen LogP contribution in [0.15, 0.2) is 36.6 Å². The van der Waals surface area contributed by atoms with Crippen molar-refractivity contribution < 1.29 is 9.50 Å². The summed E-state index contributed by atoms with van der Waals surface area (Å²) in [5, 5.41) is 16.1. The molecule has 4 rings (SSSR count). The molecule has 0 bridgehead atoms. The molecule has 146 valence electrons. The highest BCUT2D eigenvalue weighted by Gasteiger charge is 2.25. The van der Waals surface area contributed by atoms with Crippen LogP contribution >= 0.6 is 0 Å². The molecule has 1 aliphatic rings. The second-order valence-corrected chi connectivity index (χ2v) is 7.08. The van der Waals surface area contributed by atoms with Gasteiger partial charge in [0.15, 0.2) is 5.82 Å². The highest BCUT2D eigenvalue weighted by molar-refractivity contribution is 5.66. The maximum Gasteiger partial charge on any atom is 0.232 e. The van der Waals surface area contributed by atoms with Crippen LogP contribution in [-0.2, 0) is 0 Å². The van der Waals surface area contributed by atoms with E-state index in [0.29, 0.717) is 36.7 Å². The zero-order valence-electron chi connectivity index (χ0n) is 15.7. The van der Waals surface area contributed by atoms with Crippen molar-refractivity contribution in [1.29, 1.82) is 0 Å². The van der Waals surface area contributed by atoms with Crippen LogP contribution in [0.2, 0.25) is 0 Å². The lowest BCUT2D eigenvalue weighted by atomic mass is 9.96. The lowest BCUT2D eigenvalue weighted by molar-refractivity contribution is 0.165. The van der Waals surface area contributed by atoms with E-state index >= 15 is 0 Å². The van der Waals surface area contributed by atoms with Crippen molar-refractivity contribution in [2.75, 3.05) is 10.6 Å². The zero-order chi connectivity index (χ0) is 19.7. The van der Waals surface area contributed by atoms with E-state index < -0.39 is 11.9 Å². The van der Waals surface area contributed by atoms with E-state index in [4.69, 9.17) is 0 Å². The van der Waals surface area contributed by atoms with Crippen molar-refractivity contribution in [3.8, 4) is 0 Å². The molecule has 3 N–H and O–H groups in total. The summed E-state index contributed by atoms with van der Waals surface area (Å²) in [5.41, 5.74) is 1.92. The third kappa shape index (κ3) is 3.79. The number of fused-ring (bicyclic) bond motifs is 1. The normalized spacial score (nSPS) is 17.4. The molecular weight excluding hydrogens is 361 g/mol. The Morgan fingerprint density at radius 3 is 2.86 bits per heavy atom. The van der Waals surface area contributed by atoms with Gasteiger partial charge in [-0.25, -0.2) is 9.37 Å². The molecule has 1 aliphatic carbocycles. The van der Waals surface area contributed by atoms with Gasteiger partial charge in [0.1, 0.15) is 17.6 Å². The fourth-order valence-electron chi connectivity index (χ4n) is 3.15. The third-order valence-electron chi connectivity index (χ3n) is 4.45. The fourth-order valence-corrected chi connectivity index (χ4v) is 3.15. The smallest absolute Gasteiger partial charge is 0.232 e. The van der Waals surface area contributed by atoms with Gasteiger partial charge in [-0.05, 0) is 45.2 Å². The number of nitrogens with one attached hydrogen (secondary N) is 2. The molecule has 0 fully saturated rings. The predicted octanol–water partition coefficient (Wildman–Crippen LogP) is 3.31. The second kappa shape index (κ2) is 7.51. The molecule has 0 saturated heterocycles. The molecule has 0 aromatic carbocycles. The fraction of sp³-hybridized carbons (Fsp3) is 0.368. The van der Waals surface area contributed by atoms with Crippen molar-refractivity contribution in [2.45, 2.75) is 45.3 Å². The highest BCUT2D eigenvalue weighted by atomic mass is 19.1. The Morgan fingerprint density at radius 1 is 1.21 bits per heavy atom. The SMILES string of the molecule is CC(C)Nc1nc(Nc2ccc3nccn3c2)nc(C2=C(F)C(O)CCC2)n1. The van der Waals surface area contributed by atoms with E-state index in [1.807, 2.05) is 42.8 Å². The second-order valence-electron chi connectivity index (χ2n) is 7.08. The van der Waals surface area contributed by atoms with Crippen LogP contribution in [0.5, 0.6) is 0 Å². The van der Waals surface area contributed by atoms with Gasteiger partial charge in [0.25, 0.3) is 0 Å². The lowest BCUT2D eigenvalue weighted by Gasteiger charge is -2.20. The number of aliphatic hydroxyl groups excluding tert-OH is 1. The maximum atomic E-state index is 14.5. The summed E-state index contributed by atoms with van der Waals surface area (Å²) >= 11 is 0. The number of imidazole rings is 1. The third-order valence-corrected chi connectivity index (χ3v) is 4.45. The largest absolute Gasteiger partial charge is 0.386 e. The van der Waals surface area contributed by atoms with E-state index in [0.717, 1.165) is 11.3 Å². The summed E-state index contributed by atoms with van der Waals surface area (Å²) in [6.07, 6.45) is 5.90. The monoisotopic (exact) mass is 383 g/mol. The van der Waals surface area contributed by atoms with Gasteiger partial charge in [-0.1, -0.05) is 0 Å². The Kier molecular flexibility index (Phi) is 4.91. The molecule has 3 aromatic rings. The molecule has 3 aromatic heterocycles. The van der Waals surface area contributed by atoms with Crippen LogP contribution in [0.1, 0.15) is 38.9 Å². The number of rotatable bonds is 5. The van der Waals surface area contributed by atoms with Crippen molar-refractivity contribution in [1.82, 2.24) is 24.3 Å². The minimum absolute atomic E-state index is 0.0983. The van der Waals surface area contributed by atoms with Crippen LogP contribution < -0.4 is 10.6 Å². The van der Waals surface area contributed by atoms with Gasteiger partial charge in [0.2, 0.25) is 11.9 Å². The standard InChI is InChI=1S/C19H22FN7O/c1-11(2)22-18-24-17(13-4-3-5-14(28)16(13)20)25-19(26-18)23-12-6-7-15-21-8-9-27(15)10-12/h6-11,14,28H,3-5H2,1-2H3,(H2,22,23,24,25,26). The number of hydrogen-bond acceptors (Lipinski definition) is 7. The summed E-state index contributed by atoms with van der Waals surface area (Å²) in [5.74, 6) is 0.332. The highest BCUT2D eigenvalue weighted by Crippen LogP contribution is 2.32. The molecule has 0 radical (unpaired) electrons. The first-order valence-electron chi connectivity index (χ1n) is 9.29. The maximum absolute atomic E-state index is 14.5. The number of allylic oxidation sites excluding steroid dienone is 1. The number of anilines is 3. The zero-order valence-corrected chi connectivity index (χ0v) is 15.7. The van der Waals surface area contributed by atoms with Gasteiger partial charge in [-0.15, -0.1) is 0 Å². The number of nitrogens with zero attached hydrogens (tertiary/aromatic N) is 5. The van der Waals surface area contributed by atoms with Gasteiger partial charge in [0.05, 0.1) is 5.69 Å². The first-order valence-corrected chi connectivity index (χ1v) is 9.29. The number of hydrogen-bond donors (Lipinski definition) is 3. The molecule has 1 unspecified atom stereocenters. The molecule has 28 heavy (non-hydrogen) atoms.